The fraction of sp³-hybridized carbons (Fsp3) is 0.316. The van der Waals surface area contributed by atoms with Gasteiger partial charge in [-0.1, -0.05) is 30.3 Å². The number of hydrogen-bond donors (Lipinski definition) is 2. The van der Waals surface area contributed by atoms with Crippen molar-refractivity contribution in [2.24, 2.45) is 0 Å². The van der Waals surface area contributed by atoms with Gasteiger partial charge in [-0.05, 0) is 49.1 Å². The van der Waals surface area contributed by atoms with Gasteiger partial charge in [0.1, 0.15) is 5.75 Å². The van der Waals surface area contributed by atoms with E-state index in [0.717, 1.165) is 37.2 Å². The molecule has 0 amide bonds. The molecule has 0 heterocycles. The molecular weight excluding hydrogens is 286 g/mol. The fourth-order valence-electron chi connectivity index (χ4n) is 2.15. The molecule has 4 nitrogen and oxygen atoms in total. The van der Waals surface area contributed by atoms with Gasteiger partial charge in [0.2, 0.25) is 0 Å². The SMILES string of the molecule is N#CCCCCCOc1ccc(CNNc2ccccc2)cc1. The van der Waals surface area contributed by atoms with Crippen LogP contribution in [0.2, 0.25) is 0 Å². The predicted molar refractivity (Wildman–Crippen MR) is 92.9 cm³/mol. The Labute approximate surface area is 138 Å². The highest BCUT2D eigenvalue weighted by Crippen LogP contribution is 2.13. The van der Waals surface area contributed by atoms with Crippen molar-refractivity contribution < 1.29 is 4.74 Å². The number of hydrazine groups is 1. The maximum atomic E-state index is 8.46. The van der Waals surface area contributed by atoms with Crippen LogP contribution < -0.4 is 15.6 Å². The van der Waals surface area contributed by atoms with Gasteiger partial charge in [-0.15, -0.1) is 0 Å². The lowest BCUT2D eigenvalue weighted by molar-refractivity contribution is 0.305. The van der Waals surface area contributed by atoms with Gasteiger partial charge in [0.25, 0.3) is 0 Å². The lowest BCUT2D eigenvalue weighted by atomic mass is 10.2. The number of para-hydroxylation sites is 1. The smallest absolute Gasteiger partial charge is 0.119 e. The van der Waals surface area contributed by atoms with Crippen LogP contribution in [0.5, 0.6) is 5.75 Å². The largest absolute Gasteiger partial charge is 0.494 e. The lowest BCUT2D eigenvalue weighted by Crippen LogP contribution is -2.20. The number of hydrogen-bond acceptors (Lipinski definition) is 4. The monoisotopic (exact) mass is 309 g/mol. The fourth-order valence-corrected chi connectivity index (χ4v) is 2.15. The molecule has 0 fully saturated rings. The second kappa shape index (κ2) is 10.3. The van der Waals surface area contributed by atoms with Crippen LogP contribution >= 0.6 is 0 Å². The zero-order valence-electron chi connectivity index (χ0n) is 13.3. The van der Waals surface area contributed by atoms with E-state index < -0.39 is 0 Å². The normalized spacial score (nSPS) is 10.0. The van der Waals surface area contributed by atoms with E-state index in [4.69, 9.17) is 10.00 Å². The van der Waals surface area contributed by atoms with Crippen LogP contribution in [0, 0.1) is 11.3 Å². The number of rotatable bonds is 10. The van der Waals surface area contributed by atoms with Gasteiger partial charge < -0.3 is 10.2 Å². The molecule has 0 saturated heterocycles. The van der Waals surface area contributed by atoms with Crippen molar-refractivity contribution >= 4 is 5.69 Å². The molecule has 23 heavy (non-hydrogen) atoms. The number of anilines is 1. The zero-order valence-corrected chi connectivity index (χ0v) is 13.3. The Morgan fingerprint density at radius 1 is 0.913 bits per heavy atom. The summed E-state index contributed by atoms with van der Waals surface area (Å²) in [5.41, 5.74) is 8.59. The molecule has 2 N–H and O–H groups in total. The molecule has 0 aliphatic rings. The average molecular weight is 309 g/mol. The Hall–Kier alpha value is -2.51. The van der Waals surface area contributed by atoms with Gasteiger partial charge in [-0.2, -0.15) is 5.26 Å². The Morgan fingerprint density at radius 2 is 1.70 bits per heavy atom. The first kappa shape index (κ1) is 16.9. The first-order valence-electron chi connectivity index (χ1n) is 8.01. The van der Waals surface area contributed by atoms with Crippen LogP contribution in [0.25, 0.3) is 0 Å². The van der Waals surface area contributed by atoms with Crippen LogP contribution in [0.3, 0.4) is 0 Å². The number of benzene rings is 2. The third-order valence-corrected chi connectivity index (χ3v) is 3.42. The highest BCUT2D eigenvalue weighted by atomic mass is 16.5. The molecule has 0 unspecified atom stereocenters. The number of ether oxygens (including phenoxy) is 1. The van der Waals surface area contributed by atoms with Crippen LogP contribution in [0.15, 0.2) is 54.6 Å². The number of nitrogens with one attached hydrogen (secondary N) is 2. The number of nitrogens with zero attached hydrogens (tertiary/aromatic N) is 1. The molecule has 0 bridgehead atoms. The molecule has 0 spiro atoms. The molecule has 2 aromatic rings. The van der Waals surface area contributed by atoms with Gasteiger partial charge in [0, 0.05) is 18.7 Å². The highest BCUT2D eigenvalue weighted by molar-refractivity contribution is 5.41. The van der Waals surface area contributed by atoms with Crippen molar-refractivity contribution in [1.29, 1.82) is 5.26 Å². The van der Waals surface area contributed by atoms with Crippen LogP contribution in [-0.2, 0) is 6.54 Å². The third-order valence-electron chi connectivity index (χ3n) is 3.42. The number of unbranched alkanes of at least 4 members (excludes halogenated alkanes) is 3. The molecule has 0 aliphatic heterocycles. The summed E-state index contributed by atoms with van der Waals surface area (Å²) in [6.45, 7) is 1.45. The summed E-state index contributed by atoms with van der Waals surface area (Å²) in [7, 11) is 0. The molecule has 0 radical (unpaired) electrons. The molecule has 4 heteroatoms. The topological polar surface area (TPSA) is 57.1 Å². The van der Waals surface area contributed by atoms with Crippen molar-refractivity contribution in [2.45, 2.75) is 32.2 Å². The van der Waals surface area contributed by atoms with Crippen molar-refractivity contribution in [2.75, 3.05) is 12.0 Å². The predicted octanol–water partition coefficient (Wildman–Crippen LogP) is 4.27. The van der Waals surface area contributed by atoms with Gasteiger partial charge in [-0.25, -0.2) is 5.43 Å². The first-order chi connectivity index (χ1) is 11.4. The van der Waals surface area contributed by atoms with Crippen molar-refractivity contribution in [3.05, 3.63) is 60.2 Å². The molecule has 0 aliphatic carbocycles. The number of nitriles is 1. The molecule has 2 rings (SSSR count). The van der Waals surface area contributed by atoms with E-state index in [9.17, 15) is 0 Å². The van der Waals surface area contributed by atoms with E-state index in [1.165, 1.54) is 5.56 Å². The molecule has 0 atom stereocenters. The van der Waals surface area contributed by atoms with E-state index in [-0.39, 0.29) is 0 Å². The second-order valence-electron chi connectivity index (χ2n) is 5.31. The second-order valence-corrected chi connectivity index (χ2v) is 5.31. The maximum Gasteiger partial charge on any atom is 0.119 e. The van der Waals surface area contributed by atoms with Crippen LogP contribution in [-0.4, -0.2) is 6.61 Å². The van der Waals surface area contributed by atoms with E-state index in [1.54, 1.807) is 0 Å². The summed E-state index contributed by atoms with van der Waals surface area (Å²) < 4.78 is 5.70. The van der Waals surface area contributed by atoms with Gasteiger partial charge in [0.15, 0.2) is 0 Å². The standard InChI is InChI=1S/C19H23N3O/c20-14-6-1-2-7-15-23-19-12-10-17(11-13-19)16-21-22-18-8-4-3-5-9-18/h3-5,8-13,21-22H,1-2,6-7,15-16H2. The van der Waals surface area contributed by atoms with Crippen molar-refractivity contribution in [3.63, 3.8) is 0 Å². The Balaban J connectivity index is 1.63. The van der Waals surface area contributed by atoms with E-state index in [2.05, 4.69) is 29.1 Å². The summed E-state index contributed by atoms with van der Waals surface area (Å²) in [5, 5.41) is 8.46. The van der Waals surface area contributed by atoms with Crippen molar-refractivity contribution in [1.82, 2.24) is 5.43 Å². The lowest BCUT2D eigenvalue weighted by Gasteiger charge is -2.09. The Bertz CT molecular complexity index is 590. The minimum Gasteiger partial charge on any atom is -0.494 e. The highest BCUT2D eigenvalue weighted by Gasteiger charge is 1.97. The third kappa shape index (κ3) is 6.86. The first-order valence-corrected chi connectivity index (χ1v) is 8.01. The van der Waals surface area contributed by atoms with Gasteiger partial charge in [-0.3, -0.25) is 0 Å². The zero-order chi connectivity index (χ0) is 16.2. The molecule has 0 saturated carbocycles. The Morgan fingerprint density at radius 3 is 2.43 bits per heavy atom. The van der Waals surface area contributed by atoms with E-state index >= 15 is 0 Å². The summed E-state index contributed by atoms with van der Waals surface area (Å²) >= 11 is 0. The molecular formula is C19H23N3O. The maximum absolute atomic E-state index is 8.46. The van der Waals surface area contributed by atoms with Gasteiger partial charge >= 0.3 is 0 Å². The van der Waals surface area contributed by atoms with E-state index in [0.29, 0.717) is 13.0 Å². The minimum atomic E-state index is 0.638. The quantitative estimate of drug-likeness (QED) is 0.508. The van der Waals surface area contributed by atoms with Gasteiger partial charge in [0.05, 0.1) is 12.7 Å². The average Bonchev–Trinajstić information content (AvgIpc) is 2.60. The molecule has 0 aromatic heterocycles. The Kier molecular flexibility index (Phi) is 7.51. The molecule has 2 aromatic carbocycles. The van der Waals surface area contributed by atoms with Crippen LogP contribution in [0.1, 0.15) is 31.2 Å². The summed E-state index contributed by atoms with van der Waals surface area (Å²) in [6, 6.07) is 20.3. The van der Waals surface area contributed by atoms with E-state index in [1.807, 2.05) is 42.5 Å². The van der Waals surface area contributed by atoms with Crippen molar-refractivity contribution in [3.8, 4) is 11.8 Å². The summed E-state index contributed by atoms with van der Waals surface area (Å²) in [5.74, 6) is 0.894. The summed E-state index contributed by atoms with van der Waals surface area (Å²) in [4.78, 5) is 0. The summed E-state index contributed by atoms with van der Waals surface area (Å²) in [6.07, 6.45) is 3.63. The molecule has 120 valence electrons. The minimum absolute atomic E-state index is 0.638. The van der Waals surface area contributed by atoms with Crippen LogP contribution in [0.4, 0.5) is 5.69 Å².